The summed E-state index contributed by atoms with van der Waals surface area (Å²) >= 11 is 0. The van der Waals surface area contributed by atoms with Crippen molar-refractivity contribution in [3.05, 3.63) is 34.9 Å². The first-order valence-electron chi connectivity index (χ1n) is 8.01. The highest BCUT2D eigenvalue weighted by Crippen LogP contribution is 2.14. The molecule has 2 rings (SSSR count). The zero-order valence-corrected chi connectivity index (χ0v) is 14.1. The largest absolute Gasteiger partial charge is 0.339 e. The molecule has 0 aliphatic carbocycles. The van der Waals surface area contributed by atoms with Gasteiger partial charge in [-0.1, -0.05) is 37.6 Å². The van der Waals surface area contributed by atoms with Gasteiger partial charge in [0.25, 0.3) is 0 Å². The summed E-state index contributed by atoms with van der Waals surface area (Å²) in [6.07, 6.45) is 0.450. The molecule has 0 unspecified atom stereocenters. The third kappa shape index (κ3) is 3.87. The highest BCUT2D eigenvalue weighted by atomic mass is 16.2. The van der Waals surface area contributed by atoms with Crippen LogP contribution in [-0.2, 0) is 16.0 Å². The summed E-state index contributed by atoms with van der Waals surface area (Å²) in [5, 5.41) is 0. The van der Waals surface area contributed by atoms with Gasteiger partial charge in [0.05, 0.1) is 6.42 Å². The molecule has 1 saturated heterocycles. The van der Waals surface area contributed by atoms with Crippen LogP contribution in [0.3, 0.4) is 0 Å². The minimum Gasteiger partial charge on any atom is -0.339 e. The van der Waals surface area contributed by atoms with E-state index in [-0.39, 0.29) is 17.7 Å². The standard InChI is InChI=1S/C18H26N2O2/c1-13(2)18(22)20-9-7-19(8-10-20)17(21)12-16-11-14(3)5-6-15(16)4/h5-6,11,13H,7-10,12H2,1-4H3. The highest BCUT2D eigenvalue weighted by molar-refractivity contribution is 5.81. The second kappa shape index (κ2) is 6.95. The minimum absolute atomic E-state index is 0.0252. The minimum atomic E-state index is 0.0252. The number of aryl methyl sites for hydroxylation is 2. The lowest BCUT2D eigenvalue weighted by molar-refractivity contribution is -0.141. The number of carbonyl (C=O) groups is 2. The molecule has 0 bridgehead atoms. The Morgan fingerprint density at radius 2 is 1.64 bits per heavy atom. The average Bonchev–Trinajstić information content (AvgIpc) is 2.50. The molecule has 2 amide bonds. The zero-order chi connectivity index (χ0) is 16.3. The second-order valence-corrected chi connectivity index (χ2v) is 6.47. The maximum Gasteiger partial charge on any atom is 0.227 e. The van der Waals surface area contributed by atoms with Crippen LogP contribution in [0.4, 0.5) is 0 Å². The molecule has 4 nitrogen and oxygen atoms in total. The molecule has 1 aromatic rings. The number of nitrogens with zero attached hydrogens (tertiary/aromatic N) is 2. The van der Waals surface area contributed by atoms with Crippen LogP contribution in [0.1, 0.15) is 30.5 Å². The number of carbonyl (C=O) groups excluding carboxylic acids is 2. The lowest BCUT2D eigenvalue weighted by Crippen LogP contribution is -2.51. The van der Waals surface area contributed by atoms with Crippen LogP contribution in [0.15, 0.2) is 18.2 Å². The summed E-state index contributed by atoms with van der Waals surface area (Å²) in [6.45, 7) is 10.5. The number of rotatable bonds is 3. The fourth-order valence-electron chi connectivity index (χ4n) is 2.81. The lowest BCUT2D eigenvalue weighted by atomic mass is 10.0. The van der Waals surface area contributed by atoms with Gasteiger partial charge in [-0.3, -0.25) is 9.59 Å². The summed E-state index contributed by atoms with van der Waals surface area (Å²) < 4.78 is 0. The monoisotopic (exact) mass is 302 g/mol. The number of hydrogen-bond acceptors (Lipinski definition) is 2. The summed E-state index contributed by atoms with van der Waals surface area (Å²) in [5.74, 6) is 0.365. The van der Waals surface area contributed by atoms with Gasteiger partial charge in [0.2, 0.25) is 11.8 Å². The van der Waals surface area contributed by atoms with Gasteiger partial charge in [-0.25, -0.2) is 0 Å². The molecule has 1 aliphatic rings. The molecule has 0 N–H and O–H groups in total. The van der Waals surface area contributed by atoms with Gasteiger partial charge in [0, 0.05) is 32.1 Å². The summed E-state index contributed by atoms with van der Waals surface area (Å²) in [5.41, 5.74) is 3.44. The van der Waals surface area contributed by atoms with Crippen molar-refractivity contribution in [1.82, 2.24) is 9.80 Å². The van der Waals surface area contributed by atoms with Gasteiger partial charge >= 0.3 is 0 Å². The molecule has 1 fully saturated rings. The van der Waals surface area contributed by atoms with Crippen molar-refractivity contribution in [2.75, 3.05) is 26.2 Å². The Bertz CT molecular complexity index is 558. The molecule has 1 heterocycles. The number of piperazine rings is 1. The SMILES string of the molecule is Cc1ccc(C)c(CC(=O)N2CCN(C(=O)C(C)C)CC2)c1. The van der Waals surface area contributed by atoms with E-state index in [1.807, 2.05) is 37.5 Å². The Hall–Kier alpha value is -1.84. The zero-order valence-electron chi connectivity index (χ0n) is 14.1. The van der Waals surface area contributed by atoms with E-state index in [9.17, 15) is 9.59 Å². The average molecular weight is 302 g/mol. The van der Waals surface area contributed by atoms with Gasteiger partial charge < -0.3 is 9.80 Å². The Balaban J connectivity index is 1.93. The molecule has 0 spiro atoms. The van der Waals surface area contributed by atoms with Gasteiger partial charge in [0.15, 0.2) is 0 Å². The molecule has 4 heteroatoms. The number of benzene rings is 1. The van der Waals surface area contributed by atoms with E-state index in [0.29, 0.717) is 32.6 Å². The van der Waals surface area contributed by atoms with E-state index in [0.717, 1.165) is 11.1 Å². The Kier molecular flexibility index (Phi) is 5.22. The first kappa shape index (κ1) is 16.5. The van der Waals surface area contributed by atoms with Crippen LogP contribution < -0.4 is 0 Å². The lowest BCUT2D eigenvalue weighted by Gasteiger charge is -2.35. The molecule has 1 aromatic carbocycles. The van der Waals surface area contributed by atoms with Gasteiger partial charge in [-0.2, -0.15) is 0 Å². The normalized spacial score (nSPS) is 15.3. The van der Waals surface area contributed by atoms with Gasteiger partial charge in [0.1, 0.15) is 0 Å². The van der Waals surface area contributed by atoms with Crippen molar-refractivity contribution in [3.63, 3.8) is 0 Å². The van der Waals surface area contributed by atoms with Crippen LogP contribution in [-0.4, -0.2) is 47.8 Å². The summed E-state index contributed by atoms with van der Waals surface area (Å²) in [6, 6.07) is 6.22. The van der Waals surface area contributed by atoms with Gasteiger partial charge in [-0.15, -0.1) is 0 Å². The van der Waals surface area contributed by atoms with E-state index >= 15 is 0 Å². The third-order valence-corrected chi connectivity index (χ3v) is 4.28. The van der Waals surface area contributed by atoms with Crippen molar-refractivity contribution in [2.24, 2.45) is 5.92 Å². The first-order valence-corrected chi connectivity index (χ1v) is 8.01. The molecule has 0 saturated carbocycles. The molecule has 0 atom stereocenters. The van der Waals surface area contributed by atoms with Crippen LogP contribution in [0, 0.1) is 19.8 Å². The van der Waals surface area contributed by atoms with Crippen molar-refractivity contribution in [2.45, 2.75) is 34.1 Å². The second-order valence-electron chi connectivity index (χ2n) is 6.47. The van der Waals surface area contributed by atoms with Crippen LogP contribution in [0.2, 0.25) is 0 Å². The molecule has 1 aliphatic heterocycles. The number of hydrogen-bond donors (Lipinski definition) is 0. The summed E-state index contributed by atoms with van der Waals surface area (Å²) in [7, 11) is 0. The smallest absolute Gasteiger partial charge is 0.227 e. The Morgan fingerprint density at radius 3 is 2.23 bits per heavy atom. The van der Waals surface area contributed by atoms with E-state index < -0.39 is 0 Å². The molecule has 0 radical (unpaired) electrons. The quantitative estimate of drug-likeness (QED) is 0.858. The van der Waals surface area contributed by atoms with E-state index in [1.165, 1.54) is 5.56 Å². The molecule has 120 valence electrons. The van der Waals surface area contributed by atoms with E-state index in [1.54, 1.807) is 0 Å². The number of amides is 2. The fraction of sp³-hybridized carbons (Fsp3) is 0.556. The third-order valence-electron chi connectivity index (χ3n) is 4.28. The predicted octanol–water partition coefficient (Wildman–Crippen LogP) is 2.17. The van der Waals surface area contributed by atoms with Crippen LogP contribution in [0.5, 0.6) is 0 Å². The van der Waals surface area contributed by atoms with Crippen molar-refractivity contribution in [3.8, 4) is 0 Å². The van der Waals surface area contributed by atoms with E-state index in [4.69, 9.17) is 0 Å². The van der Waals surface area contributed by atoms with E-state index in [2.05, 4.69) is 18.2 Å². The maximum atomic E-state index is 12.5. The summed E-state index contributed by atoms with van der Waals surface area (Å²) in [4.78, 5) is 28.2. The fourth-order valence-corrected chi connectivity index (χ4v) is 2.81. The molecule has 0 aromatic heterocycles. The highest BCUT2D eigenvalue weighted by Gasteiger charge is 2.25. The van der Waals surface area contributed by atoms with Crippen molar-refractivity contribution < 1.29 is 9.59 Å². The van der Waals surface area contributed by atoms with Crippen LogP contribution >= 0.6 is 0 Å². The Morgan fingerprint density at radius 1 is 1.05 bits per heavy atom. The molecule has 22 heavy (non-hydrogen) atoms. The van der Waals surface area contributed by atoms with Gasteiger partial charge in [-0.05, 0) is 25.0 Å². The Labute approximate surface area is 133 Å². The first-order chi connectivity index (χ1) is 10.4. The van der Waals surface area contributed by atoms with Crippen LogP contribution in [0.25, 0.3) is 0 Å². The predicted molar refractivity (Wildman–Crippen MR) is 87.6 cm³/mol. The molecular weight excluding hydrogens is 276 g/mol. The topological polar surface area (TPSA) is 40.6 Å². The van der Waals surface area contributed by atoms with Crippen molar-refractivity contribution in [1.29, 1.82) is 0 Å². The van der Waals surface area contributed by atoms with Crippen molar-refractivity contribution >= 4 is 11.8 Å². The molecular formula is C18H26N2O2. The maximum absolute atomic E-state index is 12.5.